The molecule has 0 fully saturated rings. The van der Waals surface area contributed by atoms with Crippen molar-refractivity contribution in [3.8, 4) is 6.07 Å². The second-order valence-electron chi connectivity index (χ2n) is 5.44. The number of nitrogens with two attached hydrogens (primary N) is 1. The minimum absolute atomic E-state index is 0.0180. The van der Waals surface area contributed by atoms with Crippen molar-refractivity contribution in [3.63, 3.8) is 0 Å². The summed E-state index contributed by atoms with van der Waals surface area (Å²) in [5.41, 5.74) is 6.91. The summed E-state index contributed by atoms with van der Waals surface area (Å²) in [7, 11) is 0. The fraction of sp³-hybridized carbons (Fsp3) is 0.105. The fourth-order valence-corrected chi connectivity index (χ4v) is 2.99. The van der Waals surface area contributed by atoms with E-state index >= 15 is 0 Å². The normalized spacial score (nSPS) is 10.1. The lowest BCUT2D eigenvalue weighted by atomic mass is 10.2. The molecule has 8 nitrogen and oxygen atoms in total. The van der Waals surface area contributed by atoms with E-state index in [2.05, 4.69) is 20.3 Å². The Morgan fingerprint density at radius 3 is 2.64 bits per heavy atom. The third-order valence-electron chi connectivity index (χ3n) is 3.46. The summed E-state index contributed by atoms with van der Waals surface area (Å²) in [6, 6.07) is 18.3. The lowest BCUT2D eigenvalue weighted by Crippen LogP contribution is -2.11. The van der Waals surface area contributed by atoms with Crippen LogP contribution in [0.3, 0.4) is 0 Å². The van der Waals surface area contributed by atoms with Gasteiger partial charge in [-0.3, -0.25) is 0 Å². The molecule has 0 aliphatic heterocycles. The molecule has 28 heavy (non-hydrogen) atoms. The Hall–Kier alpha value is -3.64. The highest BCUT2D eigenvalue weighted by molar-refractivity contribution is 7.99. The van der Waals surface area contributed by atoms with Crippen molar-refractivity contribution < 1.29 is 9.53 Å². The first-order valence-electron chi connectivity index (χ1n) is 8.24. The summed E-state index contributed by atoms with van der Waals surface area (Å²) in [4.78, 5) is 25.4. The van der Waals surface area contributed by atoms with Gasteiger partial charge in [-0.1, -0.05) is 30.3 Å². The van der Waals surface area contributed by atoms with Gasteiger partial charge in [-0.15, -0.1) is 11.8 Å². The van der Waals surface area contributed by atoms with E-state index in [0.29, 0.717) is 10.5 Å². The predicted molar refractivity (Wildman–Crippen MR) is 106 cm³/mol. The molecule has 3 rings (SSSR count). The average Bonchev–Trinajstić information content (AvgIpc) is 2.71. The zero-order valence-corrected chi connectivity index (χ0v) is 15.5. The first-order valence-corrected chi connectivity index (χ1v) is 9.22. The number of nitrogen functional groups attached to an aromatic ring is 1. The Labute approximate surface area is 165 Å². The number of carbonyl (C=O) groups is 1. The molecule has 0 saturated carbocycles. The fourth-order valence-electron chi connectivity index (χ4n) is 2.29. The van der Waals surface area contributed by atoms with Crippen molar-refractivity contribution in [2.75, 3.05) is 16.8 Å². The number of nitrogens with one attached hydrogen (secondary N) is 1. The Balaban J connectivity index is 1.69. The standard InChI is InChI=1S/C19H16N6O2S/c20-10-11-28-15-9-5-4-8-14(15)17(26)27-12-16-23-18(21)25-19(24-16)22-13-6-2-1-3-7-13/h1-9H,11-12H2,(H3,21,22,23,24,25). The summed E-state index contributed by atoms with van der Waals surface area (Å²) >= 11 is 1.27. The molecule has 1 heterocycles. The van der Waals surface area contributed by atoms with Gasteiger partial charge in [-0.2, -0.15) is 20.2 Å². The van der Waals surface area contributed by atoms with Crippen LogP contribution in [0.15, 0.2) is 59.5 Å². The number of nitriles is 1. The van der Waals surface area contributed by atoms with Gasteiger partial charge in [0.15, 0.2) is 12.4 Å². The highest BCUT2D eigenvalue weighted by Crippen LogP contribution is 2.23. The van der Waals surface area contributed by atoms with Gasteiger partial charge in [0.2, 0.25) is 11.9 Å². The Morgan fingerprint density at radius 2 is 1.86 bits per heavy atom. The number of aromatic nitrogens is 3. The molecule has 3 N–H and O–H groups in total. The second-order valence-corrected chi connectivity index (χ2v) is 6.46. The quantitative estimate of drug-likeness (QED) is 0.460. The molecular formula is C19H16N6O2S. The predicted octanol–water partition coefficient (Wildman–Crippen LogP) is 3.17. The lowest BCUT2D eigenvalue weighted by molar-refractivity contribution is 0.0458. The third kappa shape index (κ3) is 5.18. The minimum Gasteiger partial charge on any atom is -0.454 e. The molecule has 3 aromatic rings. The van der Waals surface area contributed by atoms with Gasteiger partial charge < -0.3 is 15.8 Å². The van der Waals surface area contributed by atoms with Crippen molar-refractivity contribution >= 4 is 35.3 Å². The Morgan fingerprint density at radius 1 is 1.11 bits per heavy atom. The van der Waals surface area contributed by atoms with Gasteiger partial charge in [0, 0.05) is 10.6 Å². The summed E-state index contributed by atoms with van der Waals surface area (Å²) in [6.07, 6.45) is 0. The maximum atomic E-state index is 12.4. The van der Waals surface area contributed by atoms with Gasteiger partial charge >= 0.3 is 5.97 Å². The number of anilines is 3. The summed E-state index contributed by atoms with van der Waals surface area (Å²) < 4.78 is 5.32. The number of ether oxygens (including phenoxy) is 1. The van der Waals surface area contributed by atoms with Crippen LogP contribution in [0.5, 0.6) is 0 Å². The minimum atomic E-state index is -0.530. The van der Waals surface area contributed by atoms with E-state index in [0.717, 1.165) is 5.69 Å². The molecule has 0 saturated heterocycles. The largest absolute Gasteiger partial charge is 0.454 e. The van der Waals surface area contributed by atoms with Crippen molar-refractivity contribution in [1.29, 1.82) is 5.26 Å². The van der Waals surface area contributed by atoms with Crippen LogP contribution in [0.2, 0.25) is 0 Å². The smallest absolute Gasteiger partial charge is 0.339 e. The van der Waals surface area contributed by atoms with E-state index in [-0.39, 0.29) is 30.1 Å². The number of esters is 1. The van der Waals surface area contributed by atoms with Crippen LogP contribution in [0.4, 0.5) is 17.6 Å². The van der Waals surface area contributed by atoms with Gasteiger partial charge in [0.1, 0.15) is 0 Å². The number of nitrogens with zero attached hydrogens (tertiary/aromatic N) is 4. The number of para-hydroxylation sites is 1. The zero-order chi connectivity index (χ0) is 19.8. The maximum Gasteiger partial charge on any atom is 0.339 e. The van der Waals surface area contributed by atoms with Crippen LogP contribution < -0.4 is 11.1 Å². The maximum absolute atomic E-state index is 12.4. The van der Waals surface area contributed by atoms with Gasteiger partial charge in [0.25, 0.3) is 0 Å². The molecule has 0 spiro atoms. The molecule has 0 radical (unpaired) electrons. The molecule has 1 aromatic heterocycles. The molecule has 0 aliphatic carbocycles. The van der Waals surface area contributed by atoms with E-state index in [1.807, 2.05) is 36.4 Å². The van der Waals surface area contributed by atoms with E-state index in [9.17, 15) is 4.79 Å². The first kappa shape index (κ1) is 19.1. The summed E-state index contributed by atoms with van der Waals surface area (Å²) in [6.45, 7) is -0.160. The molecule has 0 atom stereocenters. The number of carbonyl (C=O) groups excluding carboxylic acids is 1. The summed E-state index contributed by atoms with van der Waals surface area (Å²) in [5, 5.41) is 11.8. The van der Waals surface area contributed by atoms with Crippen molar-refractivity contribution in [2.45, 2.75) is 11.5 Å². The number of hydrogen-bond acceptors (Lipinski definition) is 9. The van der Waals surface area contributed by atoms with Crippen LogP contribution in [0.1, 0.15) is 16.2 Å². The molecule has 0 unspecified atom stereocenters. The van der Waals surface area contributed by atoms with Crippen molar-refractivity contribution in [2.24, 2.45) is 0 Å². The Bertz CT molecular complexity index is 1010. The van der Waals surface area contributed by atoms with E-state index in [1.54, 1.807) is 24.3 Å². The zero-order valence-electron chi connectivity index (χ0n) is 14.7. The van der Waals surface area contributed by atoms with Crippen molar-refractivity contribution in [3.05, 3.63) is 66.0 Å². The Kier molecular flexibility index (Phi) is 6.38. The van der Waals surface area contributed by atoms with Crippen LogP contribution in [0, 0.1) is 11.3 Å². The molecule has 0 aliphatic rings. The van der Waals surface area contributed by atoms with Crippen LogP contribution in [0.25, 0.3) is 0 Å². The molecule has 2 aromatic carbocycles. The highest BCUT2D eigenvalue weighted by Gasteiger charge is 2.14. The van der Waals surface area contributed by atoms with Crippen LogP contribution in [-0.2, 0) is 11.3 Å². The first-order chi connectivity index (χ1) is 13.7. The second kappa shape index (κ2) is 9.34. The van der Waals surface area contributed by atoms with Gasteiger partial charge in [-0.05, 0) is 24.3 Å². The molecule has 0 bridgehead atoms. The average molecular weight is 392 g/mol. The van der Waals surface area contributed by atoms with Crippen LogP contribution >= 0.6 is 11.8 Å². The number of benzene rings is 2. The number of thioether (sulfide) groups is 1. The number of rotatable bonds is 7. The summed E-state index contributed by atoms with van der Waals surface area (Å²) in [5.74, 6) is 0.209. The van der Waals surface area contributed by atoms with E-state index in [4.69, 9.17) is 15.7 Å². The lowest BCUT2D eigenvalue weighted by Gasteiger charge is -2.09. The van der Waals surface area contributed by atoms with Crippen molar-refractivity contribution in [1.82, 2.24) is 15.0 Å². The van der Waals surface area contributed by atoms with Gasteiger partial charge in [-0.25, -0.2) is 4.79 Å². The van der Waals surface area contributed by atoms with E-state index < -0.39 is 5.97 Å². The number of hydrogen-bond donors (Lipinski definition) is 2. The molecule has 9 heteroatoms. The molecule has 0 amide bonds. The third-order valence-corrected chi connectivity index (χ3v) is 4.40. The molecular weight excluding hydrogens is 376 g/mol. The monoisotopic (exact) mass is 392 g/mol. The highest BCUT2D eigenvalue weighted by atomic mass is 32.2. The molecule has 140 valence electrons. The topological polar surface area (TPSA) is 127 Å². The van der Waals surface area contributed by atoms with E-state index in [1.165, 1.54) is 11.8 Å². The van der Waals surface area contributed by atoms with Crippen LogP contribution in [-0.4, -0.2) is 26.7 Å². The SMILES string of the molecule is N#CCSc1ccccc1C(=O)OCc1nc(N)nc(Nc2ccccc2)n1. The van der Waals surface area contributed by atoms with Gasteiger partial charge in [0.05, 0.1) is 17.4 Å².